The molecule has 0 spiro atoms. The van der Waals surface area contributed by atoms with Crippen LogP contribution in [0, 0.1) is 0 Å². The molecule has 112 valence electrons. The van der Waals surface area contributed by atoms with Crippen LogP contribution < -0.4 is 15.4 Å². The highest BCUT2D eigenvalue weighted by atomic mass is 16.5. The lowest BCUT2D eigenvalue weighted by atomic mass is 9.90. The molecule has 0 heterocycles. The quantitative estimate of drug-likeness (QED) is 0.886. The highest BCUT2D eigenvalue weighted by molar-refractivity contribution is 5.48. The maximum Gasteiger partial charge on any atom is 0.118 e. The molecule has 0 aliphatic carbocycles. The van der Waals surface area contributed by atoms with Crippen molar-refractivity contribution >= 4 is 5.69 Å². The first kappa shape index (κ1) is 15.4. The minimum absolute atomic E-state index is 0.129. The second-order valence-electron chi connectivity index (χ2n) is 5.62. The van der Waals surface area contributed by atoms with Gasteiger partial charge in [0.25, 0.3) is 0 Å². The number of ether oxygens (including phenoxy) is 1. The summed E-state index contributed by atoms with van der Waals surface area (Å²) in [5.41, 5.74) is 8.39. The van der Waals surface area contributed by atoms with Gasteiger partial charge in [-0.3, -0.25) is 0 Å². The van der Waals surface area contributed by atoms with Gasteiger partial charge in [0.15, 0.2) is 0 Å². The van der Waals surface area contributed by atoms with Gasteiger partial charge in [0.2, 0.25) is 0 Å². The molecule has 2 aromatic carbocycles. The first-order valence-corrected chi connectivity index (χ1v) is 7.21. The van der Waals surface area contributed by atoms with Crippen molar-refractivity contribution in [3.63, 3.8) is 0 Å². The molecule has 0 saturated heterocycles. The molecule has 1 atom stereocenters. The Morgan fingerprint density at radius 1 is 1.05 bits per heavy atom. The maximum absolute atomic E-state index is 6.08. The Morgan fingerprint density at radius 2 is 1.67 bits per heavy atom. The second kappa shape index (κ2) is 6.64. The Balaban J connectivity index is 2.20. The van der Waals surface area contributed by atoms with Gasteiger partial charge in [-0.1, -0.05) is 30.3 Å². The van der Waals surface area contributed by atoms with Crippen LogP contribution in [0.2, 0.25) is 0 Å². The minimum atomic E-state index is -0.129. The standard InChI is InChI=1S/C18H24N2O/c1-18(14-19,20(2)16-7-5-4-6-8-16)13-15-9-11-17(21-3)12-10-15/h4-12H,13-14,19H2,1-3H3. The third kappa shape index (κ3) is 3.56. The molecule has 0 aromatic heterocycles. The lowest BCUT2D eigenvalue weighted by Gasteiger charge is -2.40. The number of hydrogen-bond acceptors (Lipinski definition) is 3. The van der Waals surface area contributed by atoms with Gasteiger partial charge >= 0.3 is 0 Å². The van der Waals surface area contributed by atoms with Crippen molar-refractivity contribution in [1.29, 1.82) is 0 Å². The van der Waals surface area contributed by atoms with Gasteiger partial charge in [0.1, 0.15) is 5.75 Å². The van der Waals surface area contributed by atoms with Crippen LogP contribution >= 0.6 is 0 Å². The number of methoxy groups -OCH3 is 1. The molecule has 0 aliphatic heterocycles. The van der Waals surface area contributed by atoms with Gasteiger partial charge in [-0.05, 0) is 43.2 Å². The number of hydrogen-bond donors (Lipinski definition) is 1. The highest BCUT2D eigenvalue weighted by Gasteiger charge is 2.28. The molecular weight excluding hydrogens is 260 g/mol. The molecule has 3 nitrogen and oxygen atoms in total. The van der Waals surface area contributed by atoms with Crippen molar-refractivity contribution in [2.45, 2.75) is 18.9 Å². The van der Waals surface area contributed by atoms with E-state index in [1.54, 1.807) is 7.11 Å². The number of para-hydroxylation sites is 1. The van der Waals surface area contributed by atoms with Crippen LogP contribution in [0.5, 0.6) is 5.75 Å². The van der Waals surface area contributed by atoms with Crippen molar-refractivity contribution < 1.29 is 4.74 Å². The summed E-state index contributed by atoms with van der Waals surface area (Å²) in [6.45, 7) is 2.79. The highest BCUT2D eigenvalue weighted by Crippen LogP contribution is 2.25. The Bertz CT molecular complexity index is 553. The Morgan fingerprint density at radius 3 is 2.19 bits per heavy atom. The van der Waals surface area contributed by atoms with E-state index in [9.17, 15) is 0 Å². The predicted octanol–water partition coefficient (Wildman–Crippen LogP) is 3.09. The lowest BCUT2D eigenvalue weighted by molar-refractivity contribution is 0.414. The average Bonchev–Trinajstić information content (AvgIpc) is 2.55. The molecule has 2 aromatic rings. The van der Waals surface area contributed by atoms with E-state index in [1.807, 2.05) is 18.2 Å². The summed E-state index contributed by atoms with van der Waals surface area (Å²) < 4.78 is 5.21. The summed E-state index contributed by atoms with van der Waals surface area (Å²) >= 11 is 0. The summed E-state index contributed by atoms with van der Waals surface area (Å²) in [5, 5.41) is 0. The van der Waals surface area contributed by atoms with Crippen LogP contribution in [-0.2, 0) is 6.42 Å². The zero-order valence-electron chi connectivity index (χ0n) is 13.0. The molecule has 0 aliphatic rings. The van der Waals surface area contributed by atoms with E-state index in [4.69, 9.17) is 10.5 Å². The number of likely N-dealkylation sites (N-methyl/N-ethyl adjacent to an activating group) is 1. The fourth-order valence-corrected chi connectivity index (χ4v) is 2.47. The van der Waals surface area contributed by atoms with Gasteiger partial charge in [0, 0.05) is 19.3 Å². The smallest absolute Gasteiger partial charge is 0.118 e. The Labute approximate surface area is 127 Å². The fourth-order valence-electron chi connectivity index (χ4n) is 2.47. The van der Waals surface area contributed by atoms with E-state index < -0.39 is 0 Å². The summed E-state index contributed by atoms with van der Waals surface area (Å²) in [5.74, 6) is 0.879. The van der Waals surface area contributed by atoms with Gasteiger partial charge < -0.3 is 15.4 Å². The average molecular weight is 284 g/mol. The summed E-state index contributed by atoms with van der Waals surface area (Å²) in [7, 11) is 3.79. The van der Waals surface area contributed by atoms with E-state index in [2.05, 4.69) is 55.3 Å². The molecule has 0 amide bonds. The van der Waals surface area contributed by atoms with Crippen LogP contribution in [0.25, 0.3) is 0 Å². The maximum atomic E-state index is 6.08. The van der Waals surface area contributed by atoms with Crippen LogP contribution in [0.3, 0.4) is 0 Å². The van der Waals surface area contributed by atoms with Crippen LogP contribution in [-0.4, -0.2) is 26.2 Å². The van der Waals surface area contributed by atoms with E-state index in [0.29, 0.717) is 6.54 Å². The minimum Gasteiger partial charge on any atom is -0.497 e. The van der Waals surface area contributed by atoms with E-state index in [0.717, 1.165) is 12.2 Å². The lowest BCUT2D eigenvalue weighted by Crippen LogP contribution is -2.51. The predicted molar refractivity (Wildman–Crippen MR) is 89.0 cm³/mol. The summed E-state index contributed by atoms with van der Waals surface area (Å²) in [6.07, 6.45) is 0.888. The topological polar surface area (TPSA) is 38.5 Å². The Hall–Kier alpha value is -2.00. The SMILES string of the molecule is COc1ccc(CC(C)(CN)N(C)c2ccccc2)cc1. The largest absolute Gasteiger partial charge is 0.497 e. The van der Waals surface area contributed by atoms with Gasteiger partial charge in [-0.2, -0.15) is 0 Å². The van der Waals surface area contributed by atoms with Crippen LogP contribution in [0.15, 0.2) is 54.6 Å². The zero-order valence-corrected chi connectivity index (χ0v) is 13.0. The number of nitrogens with two attached hydrogens (primary N) is 1. The Kier molecular flexibility index (Phi) is 4.86. The fraction of sp³-hybridized carbons (Fsp3) is 0.333. The second-order valence-corrected chi connectivity index (χ2v) is 5.62. The van der Waals surface area contributed by atoms with E-state index in [1.165, 1.54) is 11.3 Å². The third-order valence-electron chi connectivity index (χ3n) is 4.14. The number of anilines is 1. The van der Waals surface area contributed by atoms with Crippen LogP contribution in [0.1, 0.15) is 12.5 Å². The van der Waals surface area contributed by atoms with Crippen LogP contribution in [0.4, 0.5) is 5.69 Å². The van der Waals surface area contributed by atoms with Crippen molar-refractivity contribution in [3.05, 3.63) is 60.2 Å². The number of rotatable bonds is 6. The summed E-state index contributed by atoms with van der Waals surface area (Å²) in [4.78, 5) is 2.26. The van der Waals surface area contributed by atoms with Crippen molar-refractivity contribution in [2.75, 3.05) is 25.6 Å². The van der Waals surface area contributed by atoms with E-state index >= 15 is 0 Å². The van der Waals surface area contributed by atoms with E-state index in [-0.39, 0.29) is 5.54 Å². The molecule has 21 heavy (non-hydrogen) atoms. The molecule has 2 rings (SSSR count). The number of nitrogens with zero attached hydrogens (tertiary/aromatic N) is 1. The van der Waals surface area contributed by atoms with Crippen molar-refractivity contribution in [1.82, 2.24) is 0 Å². The molecule has 0 radical (unpaired) electrons. The first-order chi connectivity index (χ1) is 10.1. The monoisotopic (exact) mass is 284 g/mol. The molecule has 3 heteroatoms. The molecule has 0 saturated carbocycles. The zero-order chi connectivity index (χ0) is 15.3. The molecular formula is C18H24N2O. The van der Waals surface area contributed by atoms with Gasteiger partial charge in [-0.15, -0.1) is 0 Å². The normalized spacial score (nSPS) is 13.5. The molecule has 2 N–H and O–H groups in total. The van der Waals surface area contributed by atoms with Crippen molar-refractivity contribution in [2.24, 2.45) is 5.73 Å². The first-order valence-electron chi connectivity index (χ1n) is 7.21. The molecule has 0 fully saturated rings. The van der Waals surface area contributed by atoms with Crippen molar-refractivity contribution in [3.8, 4) is 5.75 Å². The molecule has 0 bridgehead atoms. The third-order valence-corrected chi connectivity index (χ3v) is 4.14. The number of benzene rings is 2. The van der Waals surface area contributed by atoms with Gasteiger partial charge in [-0.25, -0.2) is 0 Å². The van der Waals surface area contributed by atoms with Gasteiger partial charge in [0.05, 0.1) is 12.6 Å². The molecule has 1 unspecified atom stereocenters. The summed E-state index contributed by atoms with van der Waals surface area (Å²) in [6, 6.07) is 18.6.